The van der Waals surface area contributed by atoms with Crippen molar-refractivity contribution in [1.82, 2.24) is 10.2 Å². The molecule has 1 saturated heterocycles. The minimum Gasteiger partial charge on any atom is -0.349 e. The van der Waals surface area contributed by atoms with Gasteiger partial charge < -0.3 is 16.0 Å². The number of nitrogens with one attached hydrogen (secondary N) is 1. The number of nitrogens with zero attached hydrogens (tertiary/aromatic N) is 1. The quantitative estimate of drug-likeness (QED) is 0.691. The summed E-state index contributed by atoms with van der Waals surface area (Å²) in [5, 5.41) is 6.23. The Bertz CT molecular complexity index is 746. The molecular formula is C20H25Cl2N3OS. The van der Waals surface area contributed by atoms with E-state index in [4.69, 9.17) is 28.9 Å². The molecule has 146 valence electrons. The zero-order valence-corrected chi connectivity index (χ0v) is 17.5. The van der Waals surface area contributed by atoms with Gasteiger partial charge in [0.1, 0.15) is 0 Å². The Morgan fingerprint density at radius 2 is 2.04 bits per heavy atom. The number of hydrogen-bond donors (Lipinski definition) is 2. The molecule has 1 unspecified atom stereocenters. The number of amides is 1. The van der Waals surface area contributed by atoms with Crippen LogP contribution in [0, 0.1) is 0 Å². The third-order valence-electron chi connectivity index (χ3n) is 5.16. The van der Waals surface area contributed by atoms with Crippen LogP contribution in [0.2, 0.25) is 10.0 Å². The number of thiophene rings is 1. The fraction of sp³-hybridized carbons (Fsp3) is 0.450. The van der Waals surface area contributed by atoms with Crippen molar-refractivity contribution in [2.75, 3.05) is 26.2 Å². The van der Waals surface area contributed by atoms with Crippen LogP contribution in [0.3, 0.4) is 0 Å². The number of carbonyl (C=O) groups excluding carboxylic acids is 1. The van der Waals surface area contributed by atoms with E-state index in [2.05, 4.69) is 10.2 Å². The molecule has 0 saturated carbocycles. The summed E-state index contributed by atoms with van der Waals surface area (Å²) in [6, 6.07) is 9.81. The molecule has 1 amide bonds. The van der Waals surface area contributed by atoms with Crippen LogP contribution in [0.25, 0.3) is 0 Å². The van der Waals surface area contributed by atoms with Crippen LogP contribution in [0.15, 0.2) is 35.7 Å². The lowest BCUT2D eigenvalue weighted by Crippen LogP contribution is -2.45. The van der Waals surface area contributed by atoms with Gasteiger partial charge in [-0.05, 0) is 67.4 Å². The molecule has 4 nitrogen and oxygen atoms in total. The average Bonchev–Trinajstić information content (AvgIpc) is 3.21. The number of piperidine rings is 1. The van der Waals surface area contributed by atoms with Crippen molar-refractivity contribution < 1.29 is 4.79 Å². The zero-order valence-electron chi connectivity index (χ0n) is 15.2. The molecule has 3 N–H and O–H groups in total. The molecule has 3 rings (SSSR count). The van der Waals surface area contributed by atoms with E-state index >= 15 is 0 Å². The highest BCUT2D eigenvalue weighted by atomic mass is 35.5. The van der Waals surface area contributed by atoms with Crippen LogP contribution in [-0.2, 0) is 0 Å². The molecule has 1 atom stereocenters. The summed E-state index contributed by atoms with van der Waals surface area (Å²) in [5.74, 6) is 0.322. The highest BCUT2D eigenvalue weighted by Crippen LogP contribution is 2.28. The minimum atomic E-state index is 0.0475. The van der Waals surface area contributed by atoms with E-state index in [9.17, 15) is 4.79 Å². The minimum absolute atomic E-state index is 0.0475. The molecular weight excluding hydrogens is 401 g/mol. The Labute approximate surface area is 174 Å². The highest BCUT2D eigenvalue weighted by Gasteiger charge is 2.22. The van der Waals surface area contributed by atoms with Gasteiger partial charge in [0, 0.05) is 19.1 Å². The van der Waals surface area contributed by atoms with E-state index in [0.29, 0.717) is 16.6 Å². The van der Waals surface area contributed by atoms with Crippen molar-refractivity contribution in [2.24, 2.45) is 5.73 Å². The van der Waals surface area contributed by atoms with Crippen LogP contribution >= 0.6 is 34.5 Å². The van der Waals surface area contributed by atoms with Crippen LogP contribution < -0.4 is 11.1 Å². The maximum Gasteiger partial charge on any atom is 0.261 e. The molecule has 0 aliphatic carbocycles. The number of hydrogen-bond acceptors (Lipinski definition) is 4. The first-order valence-corrected chi connectivity index (χ1v) is 10.9. The van der Waals surface area contributed by atoms with Gasteiger partial charge in [-0.25, -0.2) is 0 Å². The van der Waals surface area contributed by atoms with Gasteiger partial charge in [-0.1, -0.05) is 35.3 Å². The fourth-order valence-electron chi connectivity index (χ4n) is 3.49. The van der Waals surface area contributed by atoms with E-state index in [0.717, 1.165) is 49.3 Å². The largest absolute Gasteiger partial charge is 0.349 e. The zero-order chi connectivity index (χ0) is 19.2. The molecule has 1 fully saturated rings. The second-order valence-electron chi connectivity index (χ2n) is 6.96. The van der Waals surface area contributed by atoms with Crippen LogP contribution in [0.5, 0.6) is 0 Å². The normalized spacial score (nSPS) is 17.0. The summed E-state index contributed by atoms with van der Waals surface area (Å²) in [5.41, 5.74) is 7.13. The van der Waals surface area contributed by atoms with Crippen molar-refractivity contribution in [3.63, 3.8) is 0 Å². The Morgan fingerprint density at radius 1 is 1.26 bits per heavy atom. The van der Waals surface area contributed by atoms with Gasteiger partial charge in [0.15, 0.2) is 0 Å². The molecule has 7 heteroatoms. The third kappa shape index (κ3) is 5.69. The van der Waals surface area contributed by atoms with Gasteiger partial charge in [0.25, 0.3) is 5.91 Å². The van der Waals surface area contributed by atoms with E-state index in [1.165, 1.54) is 11.3 Å². The Morgan fingerprint density at radius 3 is 2.67 bits per heavy atom. The van der Waals surface area contributed by atoms with Crippen molar-refractivity contribution in [3.8, 4) is 0 Å². The SMILES string of the molecule is NCC(CCN1CCC(NC(=O)c2cccs2)CC1)c1ccc(Cl)c(Cl)c1. The highest BCUT2D eigenvalue weighted by molar-refractivity contribution is 7.12. The average molecular weight is 426 g/mol. The number of nitrogens with two attached hydrogens (primary N) is 1. The summed E-state index contributed by atoms with van der Waals surface area (Å²) in [7, 11) is 0. The van der Waals surface area contributed by atoms with Gasteiger partial charge in [-0.2, -0.15) is 0 Å². The molecule has 1 aliphatic heterocycles. The lowest BCUT2D eigenvalue weighted by Gasteiger charge is -2.33. The van der Waals surface area contributed by atoms with E-state index in [-0.39, 0.29) is 17.9 Å². The molecule has 27 heavy (non-hydrogen) atoms. The molecule has 1 aromatic heterocycles. The number of halogens is 2. The molecule has 0 radical (unpaired) electrons. The van der Waals surface area contributed by atoms with Gasteiger partial charge >= 0.3 is 0 Å². The van der Waals surface area contributed by atoms with Gasteiger partial charge in [-0.3, -0.25) is 4.79 Å². The van der Waals surface area contributed by atoms with Crippen LogP contribution in [-0.4, -0.2) is 43.0 Å². The van der Waals surface area contributed by atoms with Crippen molar-refractivity contribution >= 4 is 40.4 Å². The van der Waals surface area contributed by atoms with Crippen molar-refractivity contribution in [2.45, 2.75) is 31.2 Å². The van der Waals surface area contributed by atoms with Crippen LogP contribution in [0.4, 0.5) is 0 Å². The first-order valence-electron chi connectivity index (χ1n) is 9.28. The Balaban J connectivity index is 1.44. The lowest BCUT2D eigenvalue weighted by atomic mass is 9.95. The number of benzene rings is 1. The first kappa shape index (κ1) is 20.6. The maximum absolute atomic E-state index is 12.2. The van der Waals surface area contributed by atoms with Crippen LogP contribution in [0.1, 0.15) is 40.4 Å². The first-order chi connectivity index (χ1) is 13.1. The van der Waals surface area contributed by atoms with Gasteiger partial charge in [0.05, 0.1) is 14.9 Å². The Hall–Kier alpha value is -1.11. The van der Waals surface area contributed by atoms with Gasteiger partial charge in [-0.15, -0.1) is 11.3 Å². The monoisotopic (exact) mass is 425 g/mol. The number of likely N-dealkylation sites (tertiary alicyclic amines) is 1. The van der Waals surface area contributed by atoms with E-state index in [1.54, 1.807) is 0 Å². The molecule has 2 aromatic rings. The second kappa shape index (κ2) is 9.89. The van der Waals surface area contributed by atoms with E-state index < -0.39 is 0 Å². The Kier molecular flexibility index (Phi) is 7.56. The van der Waals surface area contributed by atoms with Crippen molar-refractivity contribution in [3.05, 3.63) is 56.2 Å². The molecule has 1 aromatic carbocycles. The summed E-state index contributed by atoms with van der Waals surface area (Å²) < 4.78 is 0. The van der Waals surface area contributed by atoms with Gasteiger partial charge in [0.2, 0.25) is 0 Å². The van der Waals surface area contributed by atoms with E-state index in [1.807, 2.05) is 35.7 Å². The molecule has 0 bridgehead atoms. The molecule has 1 aliphatic rings. The predicted octanol–water partition coefficient (Wildman–Crippen LogP) is 4.38. The smallest absolute Gasteiger partial charge is 0.261 e. The summed E-state index contributed by atoms with van der Waals surface area (Å²) >= 11 is 13.6. The molecule has 2 heterocycles. The van der Waals surface area contributed by atoms with Crippen molar-refractivity contribution in [1.29, 1.82) is 0 Å². The maximum atomic E-state index is 12.2. The summed E-state index contributed by atoms with van der Waals surface area (Å²) in [4.78, 5) is 15.4. The number of carbonyl (C=O) groups is 1. The second-order valence-corrected chi connectivity index (χ2v) is 8.72. The predicted molar refractivity (Wildman–Crippen MR) is 114 cm³/mol. The lowest BCUT2D eigenvalue weighted by molar-refractivity contribution is 0.0914. The molecule has 0 spiro atoms. The third-order valence-corrected chi connectivity index (χ3v) is 6.77. The topological polar surface area (TPSA) is 58.4 Å². The fourth-order valence-corrected chi connectivity index (χ4v) is 4.42. The summed E-state index contributed by atoms with van der Waals surface area (Å²) in [6.45, 7) is 3.57. The summed E-state index contributed by atoms with van der Waals surface area (Å²) in [6.07, 6.45) is 2.95. The standard InChI is InChI=1S/C20H25Cl2N3OS/c21-17-4-3-14(12-18(17)22)15(13-23)5-8-25-9-6-16(7-10-25)24-20(26)19-2-1-11-27-19/h1-4,11-12,15-16H,5-10,13,23H2,(H,24,26). The number of rotatable bonds is 7.